The summed E-state index contributed by atoms with van der Waals surface area (Å²) < 4.78 is 23.2. The van der Waals surface area contributed by atoms with Crippen molar-refractivity contribution in [2.75, 3.05) is 31.1 Å². The lowest BCUT2D eigenvalue weighted by molar-refractivity contribution is 0.202. The number of hydrogen-bond acceptors (Lipinski definition) is 3. The van der Waals surface area contributed by atoms with Gasteiger partial charge in [-0.1, -0.05) is 43.5 Å². The molecule has 1 heterocycles. The molecule has 1 saturated heterocycles. The van der Waals surface area contributed by atoms with Crippen molar-refractivity contribution in [3.63, 3.8) is 0 Å². The maximum atomic E-state index is 12.2. The zero-order chi connectivity index (χ0) is 18.4. The van der Waals surface area contributed by atoms with Crippen molar-refractivity contribution in [2.24, 2.45) is 0 Å². The fraction of sp³-hybridized carbons (Fsp3) is 0.650. The summed E-state index contributed by atoms with van der Waals surface area (Å²) in [6, 6.07) is 8.68. The largest absolute Gasteiger partial charge is 0.338 e. The van der Waals surface area contributed by atoms with Crippen molar-refractivity contribution < 1.29 is 13.2 Å². The quantitative estimate of drug-likeness (QED) is 0.875. The maximum absolute atomic E-state index is 12.2. The molecule has 2 amide bonds. The lowest BCUT2D eigenvalue weighted by Gasteiger charge is -2.22. The van der Waals surface area contributed by atoms with Gasteiger partial charge in [-0.2, -0.15) is 0 Å². The summed E-state index contributed by atoms with van der Waals surface area (Å²) in [4.78, 5) is 13.9. The summed E-state index contributed by atoms with van der Waals surface area (Å²) in [7, 11) is -2.98. The van der Waals surface area contributed by atoms with Gasteiger partial charge in [0.2, 0.25) is 0 Å². The van der Waals surface area contributed by atoms with E-state index in [9.17, 15) is 13.2 Å². The Morgan fingerprint density at radius 2 is 1.73 bits per heavy atom. The Labute approximate surface area is 157 Å². The van der Waals surface area contributed by atoms with Crippen LogP contribution in [0.5, 0.6) is 0 Å². The first-order valence-electron chi connectivity index (χ1n) is 9.85. The number of carbonyl (C=O) groups is 1. The second-order valence-corrected chi connectivity index (χ2v) is 9.85. The van der Waals surface area contributed by atoms with Crippen molar-refractivity contribution in [1.29, 1.82) is 0 Å². The van der Waals surface area contributed by atoms with Crippen molar-refractivity contribution in [2.45, 2.75) is 50.9 Å². The second kappa shape index (κ2) is 8.89. The van der Waals surface area contributed by atoms with Gasteiger partial charge in [-0.3, -0.25) is 0 Å². The number of carbonyl (C=O) groups excluding carboxylic acids is 1. The molecule has 0 bridgehead atoms. The summed E-state index contributed by atoms with van der Waals surface area (Å²) in [6.07, 6.45) is 7.99. The van der Waals surface area contributed by atoms with E-state index in [4.69, 9.17) is 0 Å². The summed E-state index contributed by atoms with van der Waals surface area (Å²) in [5.74, 6) is 0.976. The number of amides is 2. The Balaban J connectivity index is 1.43. The number of urea groups is 1. The predicted octanol–water partition coefficient (Wildman–Crippen LogP) is 3.11. The molecule has 0 atom stereocenters. The van der Waals surface area contributed by atoms with Gasteiger partial charge in [0.15, 0.2) is 9.84 Å². The standard InChI is InChI=1S/C20H30N2O3S/c23-20(22-13-4-15-26(24,25)16-14-22)21-12-11-17-7-9-19(10-8-17)18-5-2-1-3-6-18/h7-10,18H,1-6,11-16H2,(H,21,23). The Morgan fingerprint density at radius 3 is 2.46 bits per heavy atom. The number of rotatable bonds is 4. The average Bonchev–Trinajstić information content (AvgIpc) is 2.83. The van der Waals surface area contributed by atoms with Gasteiger partial charge in [-0.25, -0.2) is 13.2 Å². The zero-order valence-corrected chi connectivity index (χ0v) is 16.3. The minimum absolute atomic E-state index is 0.0725. The Morgan fingerprint density at radius 1 is 1.00 bits per heavy atom. The zero-order valence-electron chi connectivity index (χ0n) is 15.5. The molecule has 144 valence electrons. The average molecular weight is 379 g/mol. The van der Waals surface area contributed by atoms with Crippen molar-refractivity contribution in [1.82, 2.24) is 10.2 Å². The van der Waals surface area contributed by atoms with E-state index in [0.717, 1.165) is 12.3 Å². The van der Waals surface area contributed by atoms with E-state index in [-0.39, 0.29) is 17.5 Å². The summed E-state index contributed by atoms with van der Waals surface area (Å²) >= 11 is 0. The minimum Gasteiger partial charge on any atom is -0.338 e. The highest BCUT2D eigenvalue weighted by Gasteiger charge is 2.22. The van der Waals surface area contributed by atoms with E-state index in [2.05, 4.69) is 29.6 Å². The van der Waals surface area contributed by atoms with Crippen molar-refractivity contribution >= 4 is 15.9 Å². The SMILES string of the molecule is O=C(NCCc1ccc(C2CCCCC2)cc1)N1CCCS(=O)(=O)CC1. The van der Waals surface area contributed by atoms with Crippen LogP contribution in [-0.2, 0) is 16.3 Å². The van der Waals surface area contributed by atoms with Gasteiger partial charge in [0.25, 0.3) is 0 Å². The Bertz CT molecular complexity index is 694. The van der Waals surface area contributed by atoms with Crippen LogP contribution in [-0.4, -0.2) is 50.5 Å². The highest BCUT2D eigenvalue weighted by molar-refractivity contribution is 7.91. The molecule has 6 heteroatoms. The highest BCUT2D eigenvalue weighted by Crippen LogP contribution is 2.32. The van der Waals surface area contributed by atoms with Crippen LogP contribution in [0.15, 0.2) is 24.3 Å². The molecule has 1 aliphatic heterocycles. The van der Waals surface area contributed by atoms with E-state index in [1.54, 1.807) is 4.90 Å². The number of benzene rings is 1. The van der Waals surface area contributed by atoms with Gasteiger partial charge < -0.3 is 10.2 Å². The molecule has 5 nitrogen and oxygen atoms in total. The van der Waals surface area contributed by atoms with Crippen LogP contribution in [0.1, 0.15) is 55.6 Å². The number of nitrogens with one attached hydrogen (secondary N) is 1. The lowest BCUT2D eigenvalue weighted by atomic mass is 9.84. The fourth-order valence-electron chi connectivity index (χ4n) is 3.96. The monoisotopic (exact) mass is 378 g/mol. The Kier molecular flexibility index (Phi) is 6.57. The topological polar surface area (TPSA) is 66.5 Å². The maximum Gasteiger partial charge on any atom is 0.317 e. The third-order valence-corrected chi connectivity index (χ3v) is 7.30. The molecule has 0 radical (unpaired) electrons. The van der Waals surface area contributed by atoms with Crippen LogP contribution in [0.3, 0.4) is 0 Å². The smallest absolute Gasteiger partial charge is 0.317 e. The predicted molar refractivity (Wildman–Crippen MR) is 104 cm³/mol. The first-order valence-corrected chi connectivity index (χ1v) is 11.7. The summed E-state index contributed by atoms with van der Waals surface area (Å²) in [5.41, 5.74) is 2.67. The van der Waals surface area contributed by atoms with E-state index in [1.807, 2.05) is 0 Å². The van der Waals surface area contributed by atoms with Gasteiger partial charge in [0.1, 0.15) is 0 Å². The van der Waals surface area contributed by atoms with Crippen LogP contribution in [0, 0.1) is 0 Å². The molecule has 1 saturated carbocycles. The molecular weight excluding hydrogens is 348 g/mol. The van der Waals surface area contributed by atoms with Crippen molar-refractivity contribution in [3.05, 3.63) is 35.4 Å². The van der Waals surface area contributed by atoms with Gasteiger partial charge in [0, 0.05) is 19.6 Å². The molecule has 1 aromatic rings. The van der Waals surface area contributed by atoms with Crippen LogP contribution >= 0.6 is 0 Å². The third-order valence-electron chi connectivity index (χ3n) is 5.59. The fourth-order valence-corrected chi connectivity index (χ4v) is 5.23. The molecule has 0 spiro atoms. The van der Waals surface area contributed by atoms with Crippen LogP contribution in [0.4, 0.5) is 4.79 Å². The van der Waals surface area contributed by atoms with E-state index < -0.39 is 9.84 Å². The highest BCUT2D eigenvalue weighted by atomic mass is 32.2. The molecule has 1 N–H and O–H groups in total. The second-order valence-electron chi connectivity index (χ2n) is 7.55. The van der Waals surface area contributed by atoms with Gasteiger partial charge in [-0.05, 0) is 42.7 Å². The van der Waals surface area contributed by atoms with E-state index in [0.29, 0.717) is 26.1 Å². The number of hydrogen-bond donors (Lipinski definition) is 1. The number of sulfone groups is 1. The molecule has 2 fully saturated rings. The van der Waals surface area contributed by atoms with E-state index in [1.165, 1.54) is 43.2 Å². The molecule has 3 rings (SSSR count). The molecule has 26 heavy (non-hydrogen) atoms. The van der Waals surface area contributed by atoms with Crippen molar-refractivity contribution in [3.8, 4) is 0 Å². The molecule has 0 aromatic heterocycles. The van der Waals surface area contributed by atoms with Crippen LogP contribution in [0.2, 0.25) is 0 Å². The van der Waals surface area contributed by atoms with Crippen LogP contribution in [0.25, 0.3) is 0 Å². The normalized spacial score (nSPS) is 21.2. The minimum atomic E-state index is -2.98. The van der Waals surface area contributed by atoms with Gasteiger partial charge in [0.05, 0.1) is 11.5 Å². The first-order chi connectivity index (χ1) is 12.5. The molecule has 2 aliphatic rings. The summed E-state index contributed by atoms with van der Waals surface area (Å²) in [5, 5.41) is 2.93. The molecule has 1 aliphatic carbocycles. The Hall–Kier alpha value is -1.56. The van der Waals surface area contributed by atoms with Crippen LogP contribution < -0.4 is 5.32 Å². The van der Waals surface area contributed by atoms with E-state index >= 15 is 0 Å². The molecule has 0 unspecified atom stereocenters. The number of nitrogens with zero attached hydrogens (tertiary/aromatic N) is 1. The first kappa shape index (κ1) is 19.2. The van der Waals surface area contributed by atoms with Gasteiger partial charge >= 0.3 is 6.03 Å². The molecular formula is C20H30N2O3S. The third kappa shape index (κ3) is 5.47. The lowest BCUT2D eigenvalue weighted by Crippen LogP contribution is -2.42. The molecule has 1 aromatic carbocycles. The van der Waals surface area contributed by atoms with Gasteiger partial charge in [-0.15, -0.1) is 0 Å². The summed E-state index contributed by atoms with van der Waals surface area (Å²) in [6.45, 7) is 1.39.